The lowest BCUT2D eigenvalue weighted by atomic mass is 9.93. The Balaban J connectivity index is 2.54. The van der Waals surface area contributed by atoms with Gasteiger partial charge in [-0.3, -0.25) is 4.90 Å². The number of hydrogen-bond acceptors (Lipinski definition) is 2. The number of terminal acetylenes is 1. The molecule has 0 radical (unpaired) electrons. The van der Waals surface area contributed by atoms with Crippen LogP contribution in [0.4, 0.5) is 0 Å². The maximum Gasteiger partial charge on any atom is 0.0252 e. The Kier molecular flexibility index (Phi) is 4.83. The van der Waals surface area contributed by atoms with Crippen LogP contribution in [0.5, 0.6) is 0 Å². The van der Waals surface area contributed by atoms with Gasteiger partial charge in [0.15, 0.2) is 0 Å². The van der Waals surface area contributed by atoms with Crippen LogP contribution in [0.3, 0.4) is 0 Å². The maximum absolute atomic E-state index is 5.31. The third-order valence-corrected chi connectivity index (χ3v) is 3.39. The Morgan fingerprint density at radius 3 is 2.75 bits per heavy atom. The van der Waals surface area contributed by atoms with Crippen LogP contribution in [0, 0.1) is 18.3 Å². The van der Waals surface area contributed by atoms with Crippen molar-refractivity contribution in [1.29, 1.82) is 0 Å². The minimum atomic E-state index is 0.238. The van der Waals surface area contributed by atoms with E-state index in [1.165, 1.54) is 0 Å². The molecule has 1 aliphatic rings. The summed E-state index contributed by atoms with van der Waals surface area (Å²) in [7, 11) is 0. The van der Waals surface area contributed by atoms with Crippen LogP contribution in [0.1, 0.15) is 40.5 Å². The third-order valence-electron chi connectivity index (χ3n) is 3.39. The average Bonchev–Trinajstić information content (AvgIpc) is 2.16. The molecule has 0 spiro atoms. The third kappa shape index (κ3) is 3.81. The first-order valence-electron chi connectivity index (χ1n) is 6.39. The number of hydrogen-bond donors (Lipinski definition) is 1. The van der Waals surface area contributed by atoms with Crippen LogP contribution >= 0.6 is 0 Å². The monoisotopic (exact) mass is 222 g/mol. The lowest BCUT2D eigenvalue weighted by Crippen LogP contribution is -2.62. The van der Waals surface area contributed by atoms with Crippen molar-refractivity contribution in [3.8, 4) is 12.3 Å². The molecule has 0 aromatic rings. The Morgan fingerprint density at radius 2 is 2.19 bits per heavy atom. The van der Waals surface area contributed by atoms with Gasteiger partial charge in [-0.05, 0) is 32.7 Å². The zero-order valence-electron chi connectivity index (χ0n) is 11.2. The number of rotatable bonds is 4. The van der Waals surface area contributed by atoms with Crippen LogP contribution < -0.4 is 5.32 Å². The molecule has 1 aliphatic heterocycles. The summed E-state index contributed by atoms with van der Waals surface area (Å²) in [5.41, 5.74) is 0.238. The molecule has 92 valence electrons. The first-order valence-corrected chi connectivity index (χ1v) is 6.39. The number of unbranched alkanes of at least 4 members (excludes halogenated alkanes) is 1. The predicted octanol–water partition coefficient (Wildman–Crippen LogP) is 2.11. The zero-order chi connectivity index (χ0) is 12.2. The van der Waals surface area contributed by atoms with E-state index in [0.29, 0.717) is 12.0 Å². The van der Waals surface area contributed by atoms with Gasteiger partial charge in [0.05, 0.1) is 0 Å². The minimum absolute atomic E-state index is 0.238. The lowest BCUT2D eigenvalue weighted by Gasteiger charge is -2.46. The van der Waals surface area contributed by atoms with E-state index in [9.17, 15) is 0 Å². The minimum Gasteiger partial charge on any atom is -0.309 e. The van der Waals surface area contributed by atoms with E-state index in [-0.39, 0.29) is 5.54 Å². The first kappa shape index (κ1) is 13.5. The van der Waals surface area contributed by atoms with E-state index in [1.54, 1.807) is 0 Å². The van der Waals surface area contributed by atoms with E-state index < -0.39 is 0 Å². The molecule has 1 heterocycles. The Hall–Kier alpha value is -0.520. The van der Waals surface area contributed by atoms with E-state index in [2.05, 4.69) is 43.8 Å². The molecule has 1 fully saturated rings. The van der Waals surface area contributed by atoms with Gasteiger partial charge in [0, 0.05) is 31.1 Å². The molecule has 1 atom stereocenters. The van der Waals surface area contributed by atoms with Crippen LogP contribution in [0.15, 0.2) is 0 Å². The quantitative estimate of drug-likeness (QED) is 0.579. The second kappa shape index (κ2) is 5.70. The van der Waals surface area contributed by atoms with E-state index in [1.807, 2.05) is 0 Å². The fourth-order valence-electron chi connectivity index (χ4n) is 2.48. The lowest BCUT2D eigenvalue weighted by molar-refractivity contribution is 0.0688. The zero-order valence-corrected chi connectivity index (χ0v) is 11.2. The average molecular weight is 222 g/mol. The number of piperazine rings is 1. The summed E-state index contributed by atoms with van der Waals surface area (Å²) in [4.78, 5) is 2.61. The molecule has 0 bridgehead atoms. The second-order valence-electron chi connectivity index (χ2n) is 5.85. The van der Waals surface area contributed by atoms with E-state index in [4.69, 9.17) is 6.42 Å². The Labute approximate surface area is 101 Å². The van der Waals surface area contributed by atoms with Crippen LogP contribution in [0.25, 0.3) is 0 Å². The van der Waals surface area contributed by atoms with Crippen molar-refractivity contribution in [3.63, 3.8) is 0 Å². The predicted molar refractivity (Wildman–Crippen MR) is 70.3 cm³/mol. The Bertz CT molecular complexity index is 250. The highest BCUT2D eigenvalue weighted by molar-refractivity contribution is 4.93. The van der Waals surface area contributed by atoms with Crippen molar-refractivity contribution in [2.24, 2.45) is 5.92 Å². The molecule has 1 unspecified atom stereocenters. The van der Waals surface area contributed by atoms with Crippen molar-refractivity contribution in [3.05, 3.63) is 0 Å². The molecule has 2 heteroatoms. The number of nitrogens with one attached hydrogen (secondary N) is 1. The second-order valence-corrected chi connectivity index (χ2v) is 5.85. The molecule has 1 rings (SSSR count). The summed E-state index contributed by atoms with van der Waals surface area (Å²) in [6.45, 7) is 12.5. The molecule has 0 amide bonds. The highest BCUT2D eigenvalue weighted by Crippen LogP contribution is 2.20. The van der Waals surface area contributed by atoms with Crippen molar-refractivity contribution >= 4 is 0 Å². The molecule has 16 heavy (non-hydrogen) atoms. The smallest absolute Gasteiger partial charge is 0.0252 e. The van der Waals surface area contributed by atoms with Gasteiger partial charge in [-0.15, -0.1) is 12.3 Å². The molecule has 0 aliphatic carbocycles. The highest BCUT2D eigenvalue weighted by Gasteiger charge is 2.33. The fourth-order valence-corrected chi connectivity index (χ4v) is 2.48. The standard InChI is InChI=1S/C14H26N2/c1-6-7-8-9-16-11-14(4,5)15-10-13(16)12(2)3/h1,12-13,15H,7-11H2,2-5H3. The van der Waals surface area contributed by atoms with Crippen LogP contribution in [-0.2, 0) is 0 Å². The molecule has 0 saturated carbocycles. The molecule has 0 aromatic carbocycles. The van der Waals surface area contributed by atoms with Gasteiger partial charge in [0.1, 0.15) is 0 Å². The van der Waals surface area contributed by atoms with Gasteiger partial charge < -0.3 is 5.32 Å². The van der Waals surface area contributed by atoms with Crippen LogP contribution in [0.2, 0.25) is 0 Å². The largest absolute Gasteiger partial charge is 0.309 e. The summed E-state index contributed by atoms with van der Waals surface area (Å²) in [5, 5.41) is 3.63. The normalized spacial score (nSPS) is 25.6. The van der Waals surface area contributed by atoms with Gasteiger partial charge in [-0.25, -0.2) is 0 Å². The fraction of sp³-hybridized carbons (Fsp3) is 0.857. The van der Waals surface area contributed by atoms with Gasteiger partial charge in [-0.1, -0.05) is 13.8 Å². The SMILES string of the molecule is C#CCCCN1CC(C)(C)NCC1C(C)C. The van der Waals surface area contributed by atoms with Gasteiger partial charge in [0.25, 0.3) is 0 Å². The van der Waals surface area contributed by atoms with E-state index >= 15 is 0 Å². The summed E-state index contributed by atoms with van der Waals surface area (Å²) < 4.78 is 0. The topological polar surface area (TPSA) is 15.3 Å². The van der Waals surface area contributed by atoms with Crippen molar-refractivity contribution in [2.75, 3.05) is 19.6 Å². The van der Waals surface area contributed by atoms with Gasteiger partial charge in [0.2, 0.25) is 0 Å². The van der Waals surface area contributed by atoms with E-state index in [0.717, 1.165) is 32.5 Å². The molecular weight excluding hydrogens is 196 g/mol. The van der Waals surface area contributed by atoms with Crippen molar-refractivity contribution < 1.29 is 0 Å². The molecule has 2 nitrogen and oxygen atoms in total. The number of nitrogens with zero attached hydrogens (tertiary/aromatic N) is 1. The summed E-state index contributed by atoms with van der Waals surface area (Å²) in [6.07, 6.45) is 7.33. The maximum atomic E-state index is 5.31. The molecule has 0 aromatic heterocycles. The van der Waals surface area contributed by atoms with Gasteiger partial charge in [-0.2, -0.15) is 0 Å². The van der Waals surface area contributed by atoms with Crippen LogP contribution in [-0.4, -0.2) is 36.1 Å². The van der Waals surface area contributed by atoms with Crippen molar-refractivity contribution in [1.82, 2.24) is 10.2 Å². The van der Waals surface area contributed by atoms with Gasteiger partial charge >= 0.3 is 0 Å². The molecule has 1 saturated heterocycles. The summed E-state index contributed by atoms with van der Waals surface area (Å²) in [6, 6.07) is 0.658. The first-order chi connectivity index (χ1) is 7.46. The molecular formula is C14H26N2. The summed E-state index contributed by atoms with van der Waals surface area (Å²) in [5.74, 6) is 3.43. The Morgan fingerprint density at radius 1 is 1.50 bits per heavy atom. The van der Waals surface area contributed by atoms with Crippen molar-refractivity contribution in [2.45, 2.75) is 52.1 Å². The molecule has 1 N–H and O–H groups in total. The highest BCUT2D eigenvalue weighted by atomic mass is 15.2. The summed E-state index contributed by atoms with van der Waals surface area (Å²) >= 11 is 0.